The van der Waals surface area contributed by atoms with Crippen LogP contribution in [0, 0.1) is 13.8 Å². The number of aromatic nitrogens is 2. The second-order valence-corrected chi connectivity index (χ2v) is 6.69. The van der Waals surface area contributed by atoms with Gasteiger partial charge in [0.05, 0.1) is 12.8 Å². The highest BCUT2D eigenvalue weighted by Crippen LogP contribution is 2.35. The van der Waals surface area contributed by atoms with Crippen LogP contribution in [0.3, 0.4) is 0 Å². The molecular formula is C19H21N3O4. The average molecular weight is 355 g/mol. The lowest BCUT2D eigenvalue weighted by Gasteiger charge is -2.32. The number of hydrogen-bond acceptors (Lipinski definition) is 5. The van der Waals surface area contributed by atoms with Gasteiger partial charge >= 0.3 is 5.97 Å². The molecule has 1 atom stereocenters. The van der Waals surface area contributed by atoms with Crippen LogP contribution < -0.4 is 4.74 Å². The summed E-state index contributed by atoms with van der Waals surface area (Å²) < 4.78 is 10.6. The van der Waals surface area contributed by atoms with E-state index in [-0.39, 0.29) is 0 Å². The van der Waals surface area contributed by atoms with Crippen LogP contribution in [0.2, 0.25) is 0 Å². The van der Waals surface area contributed by atoms with Crippen molar-refractivity contribution in [1.29, 1.82) is 0 Å². The number of rotatable bonds is 4. The topological polar surface area (TPSA) is 91.6 Å². The van der Waals surface area contributed by atoms with Gasteiger partial charge in [0, 0.05) is 41.7 Å². The van der Waals surface area contributed by atoms with E-state index in [1.807, 2.05) is 23.1 Å². The molecule has 1 aliphatic rings. The molecule has 0 bridgehead atoms. The van der Waals surface area contributed by atoms with Crippen LogP contribution in [0.25, 0.3) is 10.9 Å². The first-order valence-corrected chi connectivity index (χ1v) is 8.56. The molecule has 1 aromatic carbocycles. The van der Waals surface area contributed by atoms with Crippen LogP contribution in [0.4, 0.5) is 0 Å². The molecule has 0 radical (unpaired) electrons. The fraction of sp³-hybridized carbons (Fsp3) is 0.368. The number of ether oxygens (including phenoxy) is 1. The normalized spacial score (nSPS) is 15.8. The van der Waals surface area contributed by atoms with Crippen molar-refractivity contribution in [2.24, 2.45) is 0 Å². The van der Waals surface area contributed by atoms with Gasteiger partial charge in [-0.3, -0.25) is 9.69 Å². The van der Waals surface area contributed by atoms with Gasteiger partial charge in [-0.15, -0.1) is 0 Å². The molecule has 2 aromatic heterocycles. The number of aromatic amines is 1. The van der Waals surface area contributed by atoms with Gasteiger partial charge < -0.3 is 19.4 Å². The van der Waals surface area contributed by atoms with E-state index in [0.29, 0.717) is 30.1 Å². The van der Waals surface area contributed by atoms with Crippen LogP contribution in [0.1, 0.15) is 34.3 Å². The summed E-state index contributed by atoms with van der Waals surface area (Å²) in [5.41, 5.74) is 4.61. The Morgan fingerprint density at radius 2 is 2.23 bits per heavy atom. The van der Waals surface area contributed by atoms with Crippen molar-refractivity contribution in [1.82, 2.24) is 15.0 Å². The van der Waals surface area contributed by atoms with Gasteiger partial charge in [0.1, 0.15) is 17.6 Å². The smallest absolute Gasteiger partial charge is 0.325 e. The van der Waals surface area contributed by atoms with Crippen molar-refractivity contribution >= 4 is 16.9 Å². The van der Waals surface area contributed by atoms with Crippen LogP contribution in [0.5, 0.6) is 5.75 Å². The minimum atomic E-state index is -0.889. The second-order valence-electron chi connectivity index (χ2n) is 6.69. The number of benzene rings is 1. The molecule has 0 spiro atoms. The highest BCUT2D eigenvalue weighted by atomic mass is 16.5. The Bertz CT molecular complexity index is 969. The number of aryl methyl sites for hydroxylation is 2. The lowest BCUT2D eigenvalue weighted by Crippen LogP contribution is -2.38. The molecule has 0 saturated carbocycles. The first-order chi connectivity index (χ1) is 12.5. The Hall–Kier alpha value is -2.80. The molecule has 0 saturated heterocycles. The monoisotopic (exact) mass is 355 g/mol. The third kappa shape index (κ3) is 2.55. The van der Waals surface area contributed by atoms with E-state index in [1.165, 1.54) is 0 Å². The molecular weight excluding hydrogens is 334 g/mol. The molecule has 4 rings (SSSR count). The van der Waals surface area contributed by atoms with Crippen molar-refractivity contribution in [2.45, 2.75) is 32.9 Å². The molecule has 0 amide bonds. The van der Waals surface area contributed by atoms with Crippen LogP contribution in [-0.2, 0) is 17.8 Å². The molecule has 0 fully saturated rings. The molecule has 2 N–H and O–H groups in total. The van der Waals surface area contributed by atoms with Gasteiger partial charge in [-0.1, -0.05) is 5.16 Å². The number of hydrogen-bond donors (Lipinski definition) is 2. The maximum absolute atomic E-state index is 12.1. The van der Waals surface area contributed by atoms with Gasteiger partial charge in [0.15, 0.2) is 0 Å². The number of carbonyl (C=O) groups is 1. The Kier molecular flexibility index (Phi) is 3.96. The van der Waals surface area contributed by atoms with E-state index in [2.05, 4.69) is 10.1 Å². The fourth-order valence-corrected chi connectivity index (χ4v) is 3.90. The molecule has 3 heterocycles. The maximum Gasteiger partial charge on any atom is 0.325 e. The van der Waals surface area contributed by atoms with Gasteiger partial charge in [-0.25, -0.2) is 0 Å². The van der Waals surface area contributed by atoms with E-state index in [1.54, 1.807) is 21.0 Å². The molecule has 136 valence electrons. The van der Waals surface area contributed by atoms with Crippen molar-refractivity contribution in [3.8, 4) is 5.75 Å². The number of nitrogens with one attached hydrogen (secondary N) is 1. The van der Waals surface area contributed by atoms with Crippen LogP contribution in [0.15, 0.2) is 22.7 Å². The van der Waals surface area contributed by atoms with Crippen molar-refractivity contribution in [2.75, 3.05) is 13.7 Å². The van der Waals surface area contributed by atoms with Crippen LogP contribution in [-0.4, -0.2) is 39.8 Å². The van der Waals surface area contributed by atoms with Crippen molar-refractivity contribution in [3.63, 3.8) is 0 Å². The molecule has 0 unspecified atom stereocenters. The highest BCUT2D eigenvalue weighted by Gasteiger charge is 2.35. The lowest BCUT2D eigenvalue weighted by molar-refractivity contribution is -0.144. The largest absolute Gasteiger partial charge is 0.497 e. The predicted octanol–water partition coefficient (Wildman–Crippen LogP) is 2.97. The number of carboxylic acid groups (broad SMARTS) is 1. The summed E-state index contributed by atoms with van der Waals surface area (Å²) in [6, 6.07) is 5.15. The summed E-state index contributed by atoms with van der Waals surface area (Å²) in [5.74, 6) is 0.457. The number of nitrogens with zero attached hydrogens (tertiary/aromatic N) is 2. The summed E-state index contributed by atoms with van der Waals surface area (Å²) in [5, 5.41) is 14.9. The predicted molar refractivity (Wildman–Crippen MR) is 95.3 cm³/mol. The Morgan fingerprint density at radius 3 is 2.88 bits per heavy atom. The quantitative estimate of drug-likeness (QED) is 0.748. The minimum absolute atomic E-state index is 0.545. The van der Waals surface area contributed by atoms with Crippen molar-refractivity contribution in [3.05, 3.63) is 46.5 Å². The molecule has 0 aliphatic carbocycles. The minimum Gasteiger partial charge on any atom is -0.497 e. The molecule has 7 nitrogen and oxygen atoms in total. The Balaban J connectivity index is 1.75. The number of H-pyrrole nitrogens is 1. The lowest BCUT2D eigenvalue weighted by atomic mass is 9.98. The van der Waals surface area contributed by atoms with E-state index in [4.69, 9.17) is 9.26 Å². The zero-order chi connectivity index (χ0) is 18.4. The number of aliphatic carboxylic acids is 1. The van der Waals surface area contributed by atoms with Gasteiger partial charge in [0.25, 0.3) is 0 Å². The van der Waals surface area contributed by atoms with Crippen molar-refractivity contribution < 1.29 is 19.2 Å². The SMILES string of the molecule is COc1ccc2[nH]c3c(c2c1)CN([C@@H](C(=O)O)c1c(C)noc1C)CC3. The average Bonchev–Trinajstić information content (AvgIpc) is 3.15. The summed E-state index contributed by atoms with van der Waals surface area (Å²) in [6.07, 6.45) is 0.763. The van der Waals surface area contributed by atoms with E-state index >= 15 is 0 Å². The fourth-order valence-electron chi connectivity index (χ4n) is 3.90. The van der Waals surface area contributed by atoms with Gasteiger partial charge in [0.2, 0.25) is 0 Å². The molecule has 26 heavy (non-hydrogen) atoms. The number of fused-ring (bicyclic) bond motifs is 3. The summed E-state index contributed by atoms with van der Waals surface area (Å²) in [4.78, 5) is 17.5. The summed E-state index contributed by atoms with van der Waals surface area (Å²) in [7, 11) is 1.64. The zero-order valence-corrected chi connectivity index (χ0v) is 15.0. The Labute approximate surface area is 150 Å². The standard InChI is InChI=1S/C19H21N3O4/c1-10-17(11(2)26-21-10)18(19(23)24)22-7-6-16-14(9-22)13-8-12(25-3)4-5-15(13)20-16/h4-5,8,18,20H,6-7,9H2,1-3H3,(H,23,24)/t18-/m1/s1. The molecule has 3 aromatic rings. The van der Waals surface area contributed by atoms with Gasteiger partial charge in [-0.2, -0.15) is 0 Å². The molecule has 7 heteroatoms. The highest BCUT2D eigenvalue weighted by molar-refractivity contribution is 5.86. The zero-order valence-electron chi connectivity index (χ0n) is 15.0. The van der Waals surface area contributed by atoms with E-state index < -0.39 is 12.0 Å². The first kappa shape index (κ1) is 16.7. The van der Waals surface area contributed by atoms with E-state index in [9.17, 15) is 9.90 Å². The molecule has 1 aliphatic heterocycles. The number of methoxy groups -OCH3 is 1. The summed E-state index contributed by atoms with van der Waals surface area (Å²) in [6.45, 7) is 4.74. The first-order valence-electron chi connectivity index (χ1n) is 8.56. The second kappa shape index (κ2) is 6.17. The third-order valence-electron chi connectivity index (χ3n) is 5.17. The van der Waals surface area contributed by atoms with Gasteiger partial charge in [-0.05, 0) is 37.6 Å². The Morgan fingerprint density at radius 1 is 1.42 bits per heavy atom. The third-order valence-corrected chi connectivity index (χ3v) is 5.17. The van der Waals surface area contributed by atoms with E-state index in [0.717, 1.165) is 34.3 Å². The number of carboxylic acids is 1. The van der Waals surface area contributed by atoms with Crippen LogP contribution >= 0.6 is 0 Å². The summed E-state index contributed by atoms with van der Waals surface area (Å²) >= 11 is 0. The maximum atomic E-state index is 12.1.